The molecule has 2 aromatic carbocycles. The zero-order chi connectivity index (χ0) is 18.8. The molecule has 0 saturated carbocycles. The molecule has 136 valence electrons. The third kappa shape index (κ3) is 3.54. The summed E-state index contributed by atoms with van der Waals surface area (Å²) in [6, 6.07) is 12.9. The number of aromatic nitrogens is 1. The molecule has 4 aromatic rings. The third-order valence-corrected chi connectivity index (χ3v) is 4.65. The topological polar surface area (TPSA) is 64.4 Å². The Bertz CT molecular complexity index is 1100. The van der Waals surface area contributed by atoms with Crippen LogP contribution in [0.4, 0.5) is 9.52 Å². The smallest absolute Gasteiger partial charge is 0.257 e. The van der Waals surface area contributed by atoms with Gasteiger partial charge in [0.25, 0.3) is 5.91 Å². The van der Waals surface area contributed by atoms with E-state index in [2.05, 4.69) is 10.3 Å². The Morgan fingerprint density at radius 2 is 2.07 bits per heavy atom. The summed E-state index contributed by atoms with van der Waals surface area (Å²) in [4.78, 5) is 16.6. The minimum Gasteiger partial charge on any atom is -0.490 e. The Hall–Kier alpha value is -3.19. The van der Waals surface area contributed by atoms with Crippen molar-refractivity contribution < 1.29 is 18.3 Å². The quantitative estimate of drug-likeness (QED) is 0.506. The first-order chi connectivity index (χ1) is 13.1. The number of para-hydroxylation sites is 1. The molecule has 27 heavy (non-hydrogen) atoms. The fraction of sp³-hybridized carbons (Fsp3) is 0.100. The van der Waals surface area contributed by atoms with Crippen molar-refractivity contribution >= 4 is 33.3 Å². The summed E-state index contributed by atoms with van der Waals surface area (Å²) in [5.41, 5.74) is 1.64. The summed E-state index contributed by atoms with van der Waals surface area (Å²) in [5.74, 6) is 0.538. The molecule has 0 atom stereocenters. The van der Waals surface area contributed by atoms with E-state index in [1.807, 2.05) is 31.2 Å². The van der Waals surface area contributed by atoms with E-state index in [1.165, 1.54) is 35.6 Å². The van der Waals surface area contributed by atoms with E-state index < -0.39 is 0 Å². The summed E-state index contributed by atoms with van der Waals surface area (Å²) in [6.07, 6.45) is 0. The van der Waals surface area contributed by atoms with E-state index in [0.29, 0.717) is 40.1 Å². The predicted molar refractivity (Wildman–Crippen MR) is 103 cm³/mol. The average molecular weight is 382 g/mol. The monoisotopic (exact) mass is 382 g/mol. The van der Waals surface area contributed by atoms with Gasteiger partial charge in [0.2, 0.25) is 0 Å². The maximum Gasteiger partial charge on any atom is 0.257 e. The fourth-order valence-corrected chi connectivity index (χ4v) is 3.34. The number of carbonyl (C=O) groups is 1. The number of hydrogen-bond acceptors (Lipinski definition) is 5. The van der Waals surface area contributed by atoms with Crippen molar-refractivity contribution in [1.29, 1.82) is 0 Å². The molecule has 2 heterocycles. The first-order valence-corrected chi connectivity index (χ1v) is 9.20. The molecule has 2 aromatic heterocycles. The minimum absolute atomic E-state index is 0.348. The maximum absolute atomic E-state index is 13.0. The van der Waals surface area contributed by atoms with Crippen molar-refractivity contribution in [3.05, 3.63) is 65.3 Å². The van der Waals surface area contributed by atoms with Crippen molar-refractivity contribution in [1.82, 2.24) is 4.98 Å². The van der Waals surface area contributed by atoms with Crippen molar-refractivity contribution in [2.24, 2.45) is 0 Å². The lowest BCUT2D eigenvalue weighted by Crippen LogP contribution is -2.11. The number of halogens is 1. The van der Waals surface area contributed by atoms with Gasteiger partial charge in [-0.15, -0.1) is 11.3 Å². The number of hydrogen-bond donors (Lipinski definition) is 1. The number of nitrogens with one attached hydrogen (secondary N) is 1. The van der Waals surface area contributed by atoms with Crippen molar-refractivity contribution in [3.63, 3.8) is 0 Å². The lowest BCUT2D eigenvalue weighted by Gasteiger charge is -2.02. The van der Waals surface area contributed by atoms with E-state index in [-0.39, 0.29) is 11.7 Å². The van der Waals surface area contributed by atoms with Gasteiger partial charge in [0.1, 0.15) is 11.5 Å². The highest BCUT2D eigenvalue weighted by Gasteiger charge is 2.15. The first kappa shape index (κ1) is 17.2. The Morgan fingerprint density at radius 1 is 1.26 bits per heavy atom. The van der Waals surface area contributed by atoms with Gasteiger partial charge in [0, 0.05) is 16.3 Å². The number of amides is 1. The second-order valence-electron chi connectivity index (χ2n) is 5.72. The molecule has 0 aliphatic rings. The SMILES string of the molecule is CCOc1cccc2cc(-c3csc(NC(=O)c4ccc(F)cc4)n3)oc12. The lowest BCUT2D eigenvalue weighted by atomic mass is 10.2. The van der Waals surface area contributed by atoms with Crippen LogP contribution in [-0.2, 0) is 0 Å². The number of carbonyl (C=O) groups excluding carboxylic acids is 1. The van der Waals surface area contributed by atoms with Crippen LogP contribution in [0.5, 0.6) is 5.75 Å². The van der Waals surface area contributed by atoms with Crippen LogP contribution in [0.25, 0.3) is 22.4 Å². The van der Waals surface area contributed by atoms with E-state index >= 15 is 0 Å². The van der Waals surface area contributed by atoms with Crippen LogP contribution < -0.4 is 10.1 Å². The molecule has 0 aliphatic heterocycles. The number of nitrogens with zero attached hydrogens (tertiary/aromatic N) is 1. The number of thiazole rings is 1. The van der Waals surface area contributed by atoms with Crippen LogP contribution in [-0.4, -0.2) is 17.5 Å². The zero-order valence-corrected chi connectivity index (χ0v) is 15.2. The molecule has 7 heteroatoms. The van der Waals surface area contributed by atoms with Gasteiger partial charge in [0.05, 0.1) is 6.61 Å². The second-order valence-corrected chi connectivity index (χ2v) is 6.58. The highest BCUT2D eigenvalue weighted by atomic mass is 32.1. The van der Waals surface area contributed by atoms with E-state index in [4.69, 9.17) is 9.15 Å². The van der Waals surface area contributed by atoms with Crippen molar-refractivity contribution in [2.75, 3.05) is 11.9 Å². The second kappa shape index (κ2) is 7.20. The molecule has 1 N–H and O–H groups in total. The van der Waals surface area contributed by atoms with Gasteiger partial charge in [-0.3, -0.25) is 10.1 Å². The van der Waals surface area contributed by atoms with Crippen molar-refractivity contribution in [3.8, 4) is 17.2 Å². The highest BCUT2D eigenvalue weighted by Crippen LogP contribution is 2.34. The summed E-state index contributed by atoms with van der Waals surface area (Å²) >= 11 is 1.29. The van der Waals surface area contributed by atoms with Gasteiger partial charge in [-0.25, -0.2) is 9.37 Å². The van der Waals surface area contributed by atoms with Gasteiger partial charge in [-0.1, -0.05) is 12.1 Å². The molecule has 1 amide bonds. The summed E-state index contributed by atoms with van der Waals surface area (Å²) in [6.45, 7) is 2.46. The molecule has 4 rings (SSSR count). The molecular weight excluding hydrogens is 367 g/mol. The number of ether oxygens (including phenoxy) is 1. The third-order valence-electron chi connectivity index (χ3n) is 3.89. The maximum atomic E-state index is 13.0. The van der Waals surface area contributed by atoms with Crippen LogP contribution >= 0.6 is 11.3 Å². The Labute approximate surface area is 158 Å². The van der Waals surface area contributed by atoms with Crippen LogP contribution in [0.1, 0.15) is 17.3 Å². The van der Waals surface area contributed by atoms with Crippen LogP contribution in [0.2, 0.25) is 0 Å². The van der Waals surface area contributed by atoms with E-state index in [9.17, 15) is 9.18 Å². The van der Waals surface area contributed by atoms with Crippen LogP contribution in [0, 0.1) is 5.82 Å². The Morgan fingerprint density at radius 3 is 2.85 bits per heavy atom. The molecule has 5 nitrogen and oxygen atoms in total. The molecule has 0 spiro atoms. The van der Waals surface area contributed by atoms with Gasteiger partial charge in [0.15, 0.2) is 22.2 Å². The average Bonchev–Trinajstić information content (AvgIpc) is 3.29. The standard InChI is InChI=1S/C20H15FN2O3S/c1-2-25-16-5-3-4-13-10-17(26-18(13)16)15-11-27-20(22-15)23-19(24)12-6-8-14(21)9-7-12/h3-11H,2H2,1H3,(H,22,23,24). The summed E-state index contributed by atoms with van der Waals surface area (Å²) < 4.78 is 24.5. The molecule has 0 saturated heterocycles. The van der Waals surface area contributed by atoms with Crippen LogP contribution in [0.15, 0.2) is 58.3 Å². The first-order valence-electron chi connectivity index (χ1n) is 8.32. The van der Waals surface area contributed by atoms with Gasteiger partial charge < -0.3 is 9.15 Å². The summed E-state index contributed by atoms with van der Waals surface area (Å²) in [5, 5.41) is 5.87. The fourth-order valence-electron chi connectivity index (χ4n) is 2.65. The molecule has 0 unspecified atom stereocenters. The molecule has 0 radical (unpaired) electrons. The van der Waals surface area contributed by atoms with Crippen LogP contribution in [0.3, 0.4) is 0 Å². The lowest BCUT2D eigenvalue weighted by molar-refractivity contribution is 0.102. The van der Waals surface area contributed by atoms with Crippen molar-refractivity contribution in [2.45, 2.75) is 6.92 Å². The number of rotatable bonds is 5. The molecule has 0 aliphatic carbocycles. The molecule has 0 bridgehead atoms. The zero-order valence-electron chi connectivity index (χ0n) is 14.4. The predicted octanol–water partition coefficient (Wildman–Crippen LogP) is 5.35. The van der Waals surface area contributed by atoms with E-state index in [0.717, 1.165) is 5.39 Å². The normalized spacial score (nSPS) is 10.9. The van der Waals surface area contributed by atoms with Gasteiger partial charge in [-0.2, -0.15) is 0 Å². The number of benzene rings is 2. The van der Waals surface area contributed by atoms with Gasteiger partial charge >= 0.3 is 0 Å². The highest BCUT2D eigenvalue weighted by molar-refractivity contribution is 7.14. The number of furan rings is 1. The Kier molecular flexibility index (Phi) is 4.60. The largest absolute Gasteiger partial charge is 0.490 e. The Balaban J connectivity index is 1.57. The molecule has 0 fully saturated rings. The number of fused-ring (bicyclic) bond motifs is 1. The van der Waals surface area contributed by atoms with Gasteiger partial charge in [-0.05, 0) is 43.3 Å². The molecular formula is C20H15FN2O3S. The summed E-state index contributed by atoms with van der Waals surface area (Å²) in [7, 11) is 0. The van der Waals surface area contributed by atoms with E-state index in [1.54, 1.807) is 5.38 Å². The minimum atomic E-state index is -0.389. The number of anilines is 1.